The van der Waals surface area contributed by atoms with Gasteiger partial charge in [-0.25, -0.2) is 0 Å². The zero-order chi connectivity index (χ0) is 12.3. The summed E-state index contributed by atoms with van der Waals surface area (Å²) in [6, 6.07) is 4.18. The molecule has 1 aliphatic rings. The molecule has 0 spiro atoms. The van der Waals surface area contributed by atoms with Gasteiger partial charge in [0, 0.05) is 38.8 Å². The molecule has 3 N–H and O–H groups in total. The first-order valence-corrected chi connectivity index (χ1v) is 5.86. The maximum atomic E-state index is 11.0. The van der Waals surface area contributed by atoms with Gasteiger partial charge in [0.1, 0.15) is 0 Å². The number of anilines is 1. The van der Waals surface area contributed by atoms with Gasteiger partial charge in [-0.3, -0.25) is 9.78 Å². The number of nitrogens with one attached hydrogen (secondary N) is 1. The summed E-state index contributed by atoms with van der Waals surface area (Å²) in [6.07, 6.45) is 2.73. The highest BCUT2D eigenvalue weighted by Crippen LogP contribution is 2.22. The summed E-state index contributed by atoms with van der Waals surface area (Å²) >= 11 is 0. The van der Waals surface area contributed by atoms with Crippen LogP contribution in [0.1, 0.15) is 19.0 Å². The van der Waals surface area contributed by atoms with E-state index in [1.165, 1.54) is 0 Å². The fraction of sp³-hybridized carbons (Fsp3) is 0.500. The fourth-order valence-electron chi connectivity index (χ4n) is 2.26. The second-order valence-corrected chi connectivity index (χ2v) is 4.31. The first kappa shape index (κ1) is 11.9. The largest absolute Gasteiger partial charge is 0.368 e. The van der Waals surface area contributed by atoms with Crippen molar-refractivity contribution in [3.8, 4) is 0 Å². The van der Waals surface area contributed by atoms with Crippen molar-refractivity contribution in [1.29, 1.82) is 0 Å². The van der Waals surface area contributed by atoms with Crippen LogP contribution in [0.4, 0.5) is 5.69 Å². The van der Waals surface area contributed by atoms with Gasteiger partial charge in [-0.05, 0) is 18.6 Å². The summed E-state index contributed by atoms with van der Waals surface area (Å²) in [5.41, 5.74) is 7.67. The lowest BCUT2D eigenvalue weighted by molar-refractivity contribution is -0.119. The number of rotatable bonds is 3. The summed E-state index contributed by atoms with van der Waals surface area (Å²) in [5, 5.41) is 2.95. The van der Waals surface area contributed by atoms with Crippen LogP contribution < -0.4 is 16.0 Å². The molecule has 0 saturated carbocycles. The predicted octanol–water partition coefficient (Wildman–Crippen LogP) is 0.255. The van der Waals surface area contributed by atoms with E-state index in [-0.39, 0.29) is 11.9 Å². The summed E-state index contributed by atoms with van der Waals surface area (Å²) in [5.74, 6) is 0.0297. The van der Waals surface area contributed by atoms with Gasteiger partial charge >= 0.3 is 0 Å². The molecule has 1 unspecified atom stereocenters. The van der Waals surface area contributed by atoms with Crippen LogP contribution in [0, 0.1) is 0 Å². The highest BCUT2D eigenvalue weighted by atomic mass is 16.1. The van der Waals surface area contributed by atoms with Gasteiger partial charge in [0.25, 0.3) is 0 Å². The Kier molecular flexibility index (Phi) is 3.58. The van der Waals surface area contributed by atoms with Crippen LogP contribution in [0.5, 0.6) is 0 Å². The minimum Gasteiger partial charge on any atom is -0.368 e. The smallest absolute Gasteiger partial charge is 0.217 e. The van der Waals surface area contributed by atoms with Crippen molar-refractivity contribution in [3.63, 3.8) is 0 Å². The Morgan fingerprint density at radius 1 is 1.71 bits per heavy atom. The molecule has 1 aromatic rings. The monoisotopic (exact) mass is 234 g/mol. The lowest BCUT2D eigenvalue weighted by Crippen LogP contribution is -2.35. The molecule has 1 aromatic heterocycles. The standard InChI is InChI=1S/C12H18N4O/c1-9(17)15-10-4-6-16(8-10)12-3-2-5-14-11(12)7-13/h2-3,5,10H,4,6-8,13H2,1H3,(H,15,17). The highest BCUT2D eigenvalue weighted by Gasteiger charge is 2.24. The molecule has 1 fully saturated rings. The molecule has 5 nitrogen and oxygen atoms in total. The number of aromatic nitrogens is 1. The Morgan fingerprint density at radius 2 is 2.53 bits per heavy atom. The van der Waals surface area contributed by atoms with Crippen molar-refractivity contribution in [2.45, 2.75) is 25.9 Å². The number of nitrogens with zero attached hydrogens (tertiary/aromatic N) is 2. The molecule has 0 radical (unpaired) electrons. The second-order valence-electron chi connectivity index (χ2n) is 4.31. The van der Waals surface area contributed by atoms with Crippen molar-refractivity contribution in [2.75, 3.05) is 18.0 Å². The van der Waals surface area contributed by atoms with Crippen LogP contribution >= 0.6 is 0 Å². The Morgan fingerprint density at radius 3 is 3.24 bits per heavy atom. The third kappa shape index (κ3) is 2.74. The number of carbonyl (C=O) groups excluding carboxylic acids is 1. The Bertz CT molecular complexity index is 407. The predicted molar refractivity (Wildman–Crippen MR) is 66.6 cm³/mol. The van der Waals surface area contributed by atoms with Crippen molar-refractivity contribution >= 4 is 11.6 Å². The number of pyridine rings is 1. The van der Waals surface area contributed by atoms with Gasteiger partial charge in [-0.2, -0.15) is 0 Å². The van der Waals surface area contributed by atoms with Crippen LogP contribution in [0.2, 0.25) is 0 Å². The average molecular weight is 234 g/mol. The maximum Gasteiger partial charge on any atom is 0.217 e. The molecule has 0 bridgehead atoms. The summed E-state index contributed by atoms with van der Waals surface area (Å²) in [7, 11) is 0. The van der Waals surface area contributed by atoms with Gasteiger partial charge in [-0.15, -0.1) is 0 Å². The minimum absolute atomic E-state index is 0.0297. The van der Waals surface area contributed by atoms with Gasteiger partial charge in [0.2, 0.25) is 5.91 Å². The third-order valence-electron chi connectivity index (χ3n) is 3.00. The summed E-state index contributed by atoms with van der Waals surface area (Å²) < 4.78 is 0. The van der Waals surface area contributed by atoms with Crippen LogP contribution in [0.15, 0.2) is 18.3 Å². The van der Waals surface area contributed by atoms with Gasteiger partial charge in [-0.1, -0.05) is 0 Å². The lowest BCUT2D eigenvalue weighted by Gasteiger charge is -2.20. The van der Waals surface area contributed by atoms with Gasteiger partial charge < -0.3 is 16.0 Å². The highest BCUT2D eigenvalue weighted by molar-refractivity contribution is 5.73. The van der Waals surface area contributed by atoms with Crippen molar-refractivity contribution in [1.82, 2.24) is 10.3 Å². The Balaban J connectivity index is 2.07. The maximum absolute atomic E-state index is 11.0. The minimum atomic E-state index is 0.0297. The number of nitrogens with two attached hydrogens (primary N) is 1. The molecular formula is C12H18N4O. The van der Waals surface area contributed by atoms with E-state index in [9.17, 15) is 4.79 Å². The Labute approximate surface area is 101 Å². The van der Waals surface area contributed by atoms with Gasteiger partial charge in [0.15, 0.2) is 0 Å². The molecule has 1 saturated heterocycles. The normalized spacial score (nSPS) is 19.4. The second kappa shape index (κ2) is 5.14. The van der Waals surface area contributed by atoms with Gasteiger partial charge in [0.05, 0.1) is 11.4 Å². The summed E-state index contributed by atoms with van der Waals surface area (Å²) in [4.78, 5) is 17.5. The molecule has 1 atom stereocenters. The van der Waals surface area contributed by atoms with E-state index in [0.717, 1.165) is 30.9 Å². The zero-order valence-electron chi connectivity index (χ0n) is 10.0. The third-order valence-corrected chi connectivity index (χ3v) is 3.00. The molecule has 92 valence electrons. The van der Waals surface area contributed by atoms with E-state index < -0.39 is 0 Å². The van der Waals surface area contributed by atoms with Crippen molar-refractivity contribution in [3.05, 3.63) is 24.0 Å². The van der Waals surface area contributed by atoms with E-state index >= 15 is 0 Å². The molecule has 5 heteroatoms. The van der Waals surface area contributed by atoms with E-state index in [2.05, 4.69) is 15.2 Å². The number of hydrogen-bond donors (Lipinski definition) is 2. The SMILES string of the molecule is CC(=O)NC1CCN(c2cccnc2CN)C1. The van der Waals surface area contributed by atoms with E-state index in [1.807, 2.05) is 12.1 Å². The number of carbonyl (C=O) groups is 1. The fourth-order valence-corrected chi connectivity index (χ4v) is 2.26. The van der Waals surface area contributed by atoms with Crippen molar-refractivity contribution in [2.24, 2.45) is 5.73 Å². The molecule has 2 rings (SSSR count). The van der Waals surface area contributed by atoms with Crippen LogP contribution in [0.25, 0.3) is 0 Å². The topological polar surface area (TPSA) is 71.2 Å². The molecule has 17 heavy (non-hydrogen) atoms. The van der Waals surface area contributed by atoms with Crippen LogP contribution in [0.3, 0.4) is 0 Å². The first-order chi connectivity index (χ1) is 8.20. The Hall–Kier alpha value is -1.62. The zero-order valence-corrected chi connectivity index (χ0v) is 10.0. The van der Waals surface area contributed by atoms with Crippen LogP contribution in [-0.2, 0) is 11.3 Å². The summed E-state index contributed by atoms with van der Waals surface area (Å²) in [6.45, 7) is 3.76. The molecule has 0 aliphatic carbocycles. The van der Waals surface area contributed by atoms with Crippen molar-refractivity contribution < 1.29 is 4.79 Å². The van der Waals surface area contributed by atoms with E-state index in [1.54, 1.807) is 13.1 Å². The molecule has 1 amide bonds. The first-order valence-electron chi connectivity index (χ1n) is 5.86. The molecule has 2 heterocycles. The lowest BCUT2D eigenvalue weighted by atomic mass is 10.2. The van der Waals surface area contributed by atoms with E-state index in [4.69, 9.17) is 5.73 Å². The number of amides is 1. The molecule has 0 aromatic carbocycles. The van der Waals surface area contributed by atoms with E-state index in [0.29, 0.717) is 6.54 Å². The van der Waals surface area contributed by atoms with Crippen LogP contribution in [-0.4, -0.2) is 30.0 Å². The number of hydrogen-bond acceptors (Lipinski definition) is 4. The molecule has 1 aliphatic heterocycles. The average Bonchev–Trinajstić information content (AvgIpc) is 2.76. The quantitative estimate of drug-likeness (QED) is 0.786. The molecular weight excluding hydrogens is 216 g/mol.